The van der Waals surface area contributed by atoms with E-state index < -0.39 is 84.3 Å². The lowest BCUT2D eigenvalue weighted by atomic mass is 10.1. The maximum absolute atomic E-state index is 13.3. The quantitative estimate of drug-likeness (QED) is 0.0631. The minimum atomic E-state index is -1.64. The average Bonchev–Trinajstić information content (AvgIpc) is 3.47. The van der Waals surface area contributed by atoms with E-state index in [1.807, 2.05) is 0 Å². The molecule has 0 saturated heterocycles. The molecule has 6 amide bonds. The number of hydrogen-bond donors (Lipinski definition) is 12. The number of rotatable bonds is 19. The van der Waals surface area contributed by atoms with Crippen LogP contribution in [0.1, 0.15) is 25.5 Å². The standard InChI is InChI=1S/C23H37N9O9S2/c1-10(24)18(35)31-15(7-42)21(38)28-12(2-3-17(25)34)19(36)29-13(4-11-5-26-9-27-11)20(37)32-16(8-43)22(39)30-14(6-33)23(40)41/h5,9-10,12-16,33,42-43H,2-4,6-8,24H2,1H3,(H2,25,34)(H,26,27)(H,28,38)(H,29,36)(H,30,39)(H,31,35)(H,32,37)(H,40,41)/t10-,12-,13-,14-,15-,16-/m0/s1. The number of hydrogen-bond acceptors (Lipinski definition) is 12. The van der Waals surface area contributed by atoms with E-state index in [0.29, 0.717) is 5.69 Å². The van der Waals surface area contributed by atoms with Crippen LogP contribution in [0.3, 0.4) is 0 Å². The highest BCUT2D eigenvalue weighted by Crippen LogP contribution is 2.05. The molecule has 0 aromatic carbocycles. The second kappa shape index (κ2) is 18.6. The van der Waals surface area contributed by atoms with Crippen molar-refractivity contribution < 1.29 is 43.8 Å². The number of aliphatic hydroxyl groups excluding tert-OH is 1. The molecule has 18 nitrogen and oxygen atoms in total. The summed E-state index contributed by atoms with van der Waals surface area (Å²) in [5.74, 6) is -7.00. The van der Waals surface area contributed by atoms with Gasteiger partial charge in [0.25, 0.3) is 0 Å². The van der Waals surface area contributed by atoms with E-state index in [-0.39, 0.29) is 30.8 Å². The fraction of sp³-hybridized carbons (Fsp3) is 0.565. The molecule has 0 fully saturated rings. The minimum Gasteiger partial charge on any atom is -0.480 e. The van der Waals surface area contributed by atoms with Gasteiger partial charge in [0.15, 0.2) is 0 Å². The van der Waals surface area contributed by atoms with E-state index in [0.717, 1.165) is 0 Å². The lowest BCUT2D eigenvalue weighted by Gasteiger charge is -2.26. The number of carboxylic acids is 1. The first kappa shape index (κ1) is 37.1. The Kier molecular flexibility index (Phi) is 16.1. The summed E-state index contributed by atoms with van der Waals surface area (Å²) in [6.45, 7) is 0.489. The Morgan fingerprint density at radius 3 is 1.74 bits per heavy atom. The summed E-state index contributed by atoms with van der Waals surface area (Å²) in [7, 11) is 0. The number of amides is 6. The van der Waals surface area contributed by atoms with Crippen LogP contribution in [0.25, 0.3) is 0 Å². The summed E-state index contributed by atoms with van der Waals surface area (Å²) in [4.78, 5) is 93.3. The van der Waals surface area contributed by atoms with Gasteiger partial charge < -0.3 is 53.2 Å². The summed E-state index contributed by atoms with van der Waals surface area (Å²) in [6.07, 6.45) is 1.96. The van der Waals surface area contributed by atoms with E-state index in [9.17, 15) is 38.7 Å². The topological polar surface area (TPSA) is 301 Å². The highest BCUT2D eigenvalue weighted by molar-refractivity contribution is 7.80. The van der Waals surface area contributed by atoms with Crippen molar-refractivity contribution in [1.82, 2.24) is 36.6 Å². The molecule has 0 spiro atoms. The first-order chi connectivity index (χ1) is 20.2. The molecule has 0 bridgehead atoms. The number of carbonyl (C=O) groups is 7. The van der Waals surface area contributed by atoms with Crippen LogP contribution in [0.15, 0.2) is 12.5 Å². The summed E-state index contributed by atoms with van der Waals surface area (Å²) < 4.78 is 0. The van der Waals surface area contributed by atoms with Crippen LogP contribution in [-0.4, -0.2) is 116 Å². The Labute approximate surface area is 257 Å². The number of H-pyrrole nitrogens is 1. The lowest BCUT2D eigenvalue weighted by Crippen LogP contribution is -2.60. The third kappa shape index (κ3) is 12.9. The Morgan fingerprint density at radius 1 is 0.837 bits per heavy atom. The molecule has 1 rings (SSSR count). The predicted molar refractivity (Wildman–Crippen MR) is 156 cm³/mol. The second-order valence-electron chi connectivity index (χ2n) is 9.25. The van der Waals surface area contributed by atoms with Gasteiger partial charge in [0.2, 0.25) is 35.4 Å². The van der Waals surface area contributed by atoms with Crippen molar-refractivity contribution in [1.29, 1.82) is 0 Å². The maximum atomic E-state index is 13.3. The van der Waals surface area contributed by atoms with Crippen LogP contribution in [0.2, 0.25) is 0 Å². The molecule has 43 heavy (non-hydrogen) atoms. The van der Waals surface area contributed by atoms with Gasteiger partial charge in [0, 0.05) is 30.5 Å². The molecular weight excluding hydrogens is 610 g/mol. The van der Waals surface area contributed by atoms with E-state index in [1.54, 1.807) is 0 Å². The van der Waals surface area contributed by atoms with Gasteiger partial charge in [0.05, 0.1) is 24.7 Å². The SMILES string of the molecule is C[C@H](N)C(=O)N[C@@H](CS)C(=O)N[C@@H](CCC(N)=O)C(=O)N[C@@H](Cc1c[nH]cn1)C(=O)N[C@@H](CS)C(=O)N[C@@H](CO)C(=O)O. The zero-order chi connectivity index (χ0) is 32.7. The number of nitrogens with one attached hydrogen (secondary N) is 6. The van der Waals surface area contributed by atoms with Crippen molar-refractivity contribution in [3.63, 3.8) is 0 Å². The third-order valence-corrected chi connectivity index (χ3v) is 6.49. The molecule has 20 heteroatoms. The van der Waals surface area contributed by atoms with E-state index >= 15 is 0 Å². The zero-order valence-electron chi connectivity index (χ0n) is 23.1. The third-order valence-electron chi connectivity index (χ3n) is 5.76. The first-order valence-electron chi connectivity index (χ1n) is 12.8. The zero-order valence-corrected chi connectivity index (χ0v) is 24.9. The fourth-order valence-corrected chi connectivity index (χ4v) is 3.86. The van der Waals surface area contributed by atoms with Crippen LogP contribution in [0.4, 0.5) is 0 Å². The van der Waals surface area contributed by atoms with Crippen molar-refractivity contribution in [3.8, 4) is 0 Å². The summed E-state index contributed by atoms with van der Waals surface area (Å²) in [5, 5.41) is 29.9. The van der Waals surface area contributed by atoms with Gasteiger partial charge in [-0.05, 0) is 13.3 Å². The summed E-state index contributed by atoms with van der Waals surface area (Å²) in [5.41, 5.74) is 11.1. The average molecular weight is 648 g/mol. The van der Waals surface area contributed by atoms with Crippen LogP contribution >= 0.6 is 25.3 Å². The Morgan fingerprint density at radius 2 is 1.30 bits per heavy atom. The van der Waals surface area contributed by atoms with E-state index in [1.165, 1.54) is 19.4 Å². The number of aromatic amines is 1. The smallest absolute Gasteiger partial charge is 0.328 e. The van der Waals surface area contributed by atoms with Crippen LogP contribution < -0.4 is 38.1 Å². The molecule has 6 atom stereocenters. The highest BCUT2D eigenvalue weighted by Gasteiger charge is 2.32. The molecule has 1 aromatic heterocycles. The monoisotopic (exact) mass is 647 g/mol. The van der Waals surface area contributed by atoms with E-state index in [2.05, 4.69) is 61.8 Å². The van der Waals surface area contributed by atoms with Gasteiger partial charge in [-0.3, -0.25) is 28.8 Å². The number of aliphatic carboxylic acids is 1. The molecule has 0 aliphatic carbocycles. The van der Waals surface area contributed by atoms with Crippen molar-refractivity contribution >= 4 is 66.7 Å². The highest BCUT2D eigenvalue weighted by atomic mass is 32.1. The van der Waals surface area contributed by atoms with E-state index in [4.69, 9.17) is 16.6 Å². The number of carbonyl (C=O) groups excluding carboxylic acids is 6. The molecule has 0 radical (unpaired) electrons. The number of aliphatic hydroxyl groups is 1. The molecule has 0 aliphatic heterocycles. The van der Waals surface area contributed by atoms with Crippen molar-refractivity contribution in [3.05, 3.63) is 18.2 Å². The molecule has 0 unspecified atom stereocenters. The van der Waals surface area contributed by atoms with Gasteiger partial charge in [-0.1, -0.05) is 0 Å². The molecule has 240 valence electrons. The van der Waals surface area contributed by atoms with Crippen molar-refractivity contribution in [2.24, 2.45) is 11.5 Å². The number of nitrogens with two attached hydrogens (primary N) is 2. The lowest BCUT2D eigenvalue weighted by molar-refractivity contribution is -0.143. The second-order valence-corrected chi connectivity index (χ2v) is 9.98. The summed E-state index contributed by atoms with van der Waals surface area (Å²) in [6, 6.07) is -7.96. The summed E-state index contributed by atoms with van der Waals surface area (Å²) >= 11 is 8.06. The molecule has 12 N–H and O–H groups in total. The minimum absolute atomic E-state index is 0.162. The molecular formula is C23H37N9O9S2. The molecule has 0 saturated carbocycles. The van der Waals surface area contributed by atoms with Gasteiger partial charge in [-0.2, -0.15) is 25.3 Å². The van der Waals surface area contributed by atoms with Crippen LogP contribution in [0, 0.1) is 0 Å². The molecule has 1 heterocycles. The maximum Gasteiger partial charge on any atom is 0.328 e. The number of nitrogens with zero attached hydrogens (tertiary/aromatic N) is 1. The largest absolute Gasteiger partial charge is 0.480 e. The number of primary amides is 1. The van der Waals surface area contributed by atoms with Crippen LogP contribution in [-0.2, 0) is 40.0 Å². The van der Waals surface area contributed by atoms with Gasteiger partial charge in [0.1, 0.15) is 30.2 Å². The Balaban J connectivity index is 3.17. The Hall–Kier alpha value is -3.88. The number of carboxylic acid groups (broad SMARTS) is 1. The van der Waals surface area contributed by atoms with Gasteiger partial charge in [-0.15, -0.1) is 0 Å². The predicted octanol–water partition coefficient (Wildman–Crippen LogP) is -5.07. The molecule has 1 aromatic rings. The first-order valence-corrected chi connectivity index (χ1v) is 14.1. The number of imidazole rings is 1. The number of thiol groups is 2. The van der Waals surface area contributed by atoms with Gasteiger partial charge >= 0.3 is 5.97 Å². The van der Waals surface area contributed by atoms with Crippen molar-refractivity contribution in [2.45, 2.75) is 62.4 Å². The molecule has 0 aliphatic rings. The Bertz CT molecular complexity index is 1140. The normalized spacial score (nSPS) is 15.0. The van der Waals surface area contributed by atoms with Crippen molar-refractivity contribution in [2.75, 3.05) is 18.1 Å². The fourth-order valence-electron chi connectivity index (χ4n) is 3.34. The van der Waals surface area contributed by atoms with Crippen LogP contribution in [0.5, 0.6) is 0 Å². The van der Waals surface area contributed by atoms with Gasteiger partial charge in [-0.25, -0.2) is 9.78 Å². The number of aromatic nitrogens is 2.